The Bertz CT molecular complexity index is 745. The van der Waals surface area contributed by atoms with Crippen molar-refractivity contribution in [2.75, 3.05) is 19.8 Å². The highest BCUT2D eigenvalue weighted by Gasteiger charge is 2.13. The van der Waals surface area contributed by atoms with Gasteiger partial charge in [0.25, 0.3) is 0 Å². The molecule has 1 saturated heterocycles. The molecular formula is C26H32O4. The SMILES string of the molecule is C(#CC[C@H](CCOCc1ccccc1)OCc1ccccc1)COC1CCCCO1. The van der Waals surface area contributed by atoms with Crippen LogP contribution in [0.4, 0.5) is 0 Å². The van der Waals surface area contributed by atoms with Crippen LogP contribution in [0.3, 0.4) is 0 Å². The van der Waals surface area contributed by atoms with Gasteiger partial charge in [-0.1, -0.05) is 72.5 Å². The Hall–Kier alpha value is -2.16. The predicted molar refractivity (Wildman–Crippen MR) is 118 cm³/mol. The Kier molecular flexibility index (Phi) is 10.5. The van der Waals surface area contributed by atoms with Gasteiger partial charge in [-0.25, -0.2) is 0 Å². The van der Waals surface area contributed by atoms with Crippen molar-refractivity contribution in [3.63, 3.8) is 0 Å². The van der Waals surface area contributed by atoms with Gasteiger partial charge in [0, 0.05) is 19.6 Å². The van der Waals surface area contributed by atoms with Crippen molar-refractivity contribution < 1.29 is 18.9 Å². The molecule has 1 heterocycles. The molecule has 1 unspecified atom stereocenters. The van der Waals surface area contributed by atoms with E-state index in [0.717, 1.165) is 32.3 Å². The first-order valence-corrected chi connectivity index (χ1v) is 10.9. The summed E-state index contributed by atoms with van der Waals surface area (Å²) >= 11 is 0. The number of hydrogen-bond acceptors (Lipinski definition) is 4. The molecule has 3 rings (SSSR count). The van der Waals surface area contributed by atoms with Crippen LogP contribution in [0.15, 0.2) is 60.7 Å². The van der Waals surface area contributed by atoms with Crippen molar-refractivity contribution >= 4 is 0 Å². The van der Waals surface area contributed by atoms with Crippen LogP contribution >= 0.6 is 0 Å². The van der Waals surface area contributed by atoms with Crippen LogP contribution in [0.2, 0.25) is 0 Å². The molecular weight excluding hydrogens is 376 g/mol. The first-order chi connectivity index (χ1) is 14.9. The van der Waals surface area contributed by atoms with Crippen molar-refractivity contribution in [2.24, 2.45) is 0 Å². The smallest absolute Gasteiger partial charge is 0.158 e. The quantitative estimate of drug-likeness (QED) is 0.382. The summed E-state index contributed by atoms with van der Waals surface area (Å²) in [6, 6.07) is 20.4. The molecule has 1 aliphatic rings. The molecule has 0 spiro atoms. The van der Waals surface area contributed by atoms with Gasteiger partial charge >= 0.3 is 0 Å². The molecule has 4 nitrogen and oxygen atoms in total. The molecule has 0 bridgehead atoms. The molecule has 0 N–H and O–H groups in total. The third-order valence-electron chi connectivity index (χ3n) is 4.96. The van der Waals surface area contributed by atoms with Gasteiger partial charge in [-0.2, -0.15) is 0 Å². The fraction of sp³-hybridized carbons (Fsp3) is 0.462. The van der Waals surface area contributed by atoms with Crippen LogP contribution in [0.25, 0.3) is 0 Å². The average Bonchev–Trinajstić information content (AvgIpc) is 2.81. The third kappa shape index (κ3) is 9.11. The molecule has 0 saturated carbocycles. The highest BCUT2D eigenvalue weighted by molar-refractivity contribution is 5.14. The maximum atomic E-state index is 6.13. The second kappa shape index (κ2) is 14.0. The predicted octanol–water partition coefficient (Wildman–Crippen LogP) is 5.12. The van der Waals surface area contributed by atoms with E-state index in [9.17, 15) is 0 Å². The lowest BCUT2D eigenvalue weighted by Crippen LogP contribution is -2.22. The second-order valence-electron chi connectivity index (χ2n) is 7.41. The molecule has 0 aliphatic carbocycles. The van der Waals surface area contributed by atoms with Gasteiger partial charge in [0.1, 0.15) is 6.61 Å². The number of ether oxygens (including phenoxy) is 4. The van der Waals surface area contributed by atoms with Crippen LogP contribution in [0.5, 0.6) is 0 Å². The van der Waals surface area contributed by atoms with E-state index in [-0.39, 0.29) is 12.4 Å². The Morgan fingerprint density at radius 3 is 2.33 bits per heavy atom. The van der Waals surface area contributed by atoms with E-state index in [0.29, 0.717) is 32.8 Å². The van der Waals surface area contributed by atoms with Crippen LogP contribution in [-0.4, -0.2) is 32.2 Å². The minimum atomic E-state index is -0.0930. The molecule has 1 aliphatic heterocycles. The van der Waals surface area contributed by atoms with Crippen LogP contribution in [0.1, 0.15) is 43.2 Å². The maximum Gasteiger partial charge on any atom is 0.158 e. The van der Waals surface area contributed by atoms with E-state index in [4.69, 9.17) is 18.9 Å². The summed E-state index contributed by atoms with van der Waals surface area (Å²) in [4.78, 5) is 0. The van der Waals surface area contributed by atoms with E-state index in [1.165, 1.54) is 11.1 Å². The highest BCUT2D eigenvalue weighted by Crippen LogP contribution is 2.13. The number of hydrogen-bond donors (Lipinski definition) is 0. The van der Waals surface area contributed by atoms with Crippen LogP contribution in [-0.2, 0) is 32.2 Å². The lowest BCUT2D eigenvalue weighted by molar-refractivity contribution is -0.154. The Labute approximate surface area is 180 Å². The molecule has 0 amide bonds. The lowest BCUT2D eigenvalue weighted by atomic mass is 10.2. The summed E-state index contributed by atoms with van der Waals surface area (Å²) in [5.74, 6) is 6.31. The normalized spacial score (nSPS) is 17.1. The minimum absolute atomic E-state index is 0.0272. The topological polar surface area (TPSA) is 36.9 Å². The van der Waals surface area contributed by atoms with Gasteiger partial charge < -0.3 is 18.9 Å². The van der Waals surface area contributed by atoms with Crippen LogP contribution < -0.4 is 0 Å². The van der Waals surface area contributed by atoms with E-state index in [2.05, 4.69) is 36.1 Å². The summed E-state index contributed by atoms with van der Waals surface area (Å²) in [5, 5.41) is 0. The Morgan fingerprint density at radius 1 is 0.900 bits per heavy atom. The van der Waals surface area contributed by atoms with Crippen molar-refractivity contribution in [1.82, 2.24) is 0 Å². The van der Waals surface area contributed by atoms with E-state index in [1.54, 1.807) is 0 Å². The third-order valence-corrected chi connectivity index (χ3v) is 4.96. The summed E-state index contributed by atoms with van der Waals surface area (Å²) in [6.45, 7) is 3.03. The zero-order valence-electron chi connectivity index (χ0n) is 17.6. The fourth-order valence-electron chi connectivity index (χ4n) is 3.23. The standard InChI is InChI=1S/C26H32O4/c1-3-11-23(12-4-1)21-27-20-17-25(30-22-24-13-5-2-6-14-24)15-7-9-18-28-26-16-8-10-19-29-26/h1-6,11-14,25-26H,8,10,15-22H2/t25-,26?/m1/s1. The molecule has 4 heteroatoms. The zero-order chi connectivity index (χ0) is 20.7. The van der Waals surface area contributed by atoms with E-state index in [1.807, 2.05) is 36.4 Å². The molecule has 160 valence electrons. The molecule has 1 fully saturated rings. The molecule has 2 aromatic carbocycles. The molecule has 30 heavy (non-hydrogen) atoms. The first kappa shape index (κ1) is 22.5. The van der Waals surface area contributed by atoms with Gasteiger partial charge in [-0.3, -0.25) is 0 Å². The van der Waals surface area contributed by atoms with Gasteiger partial charge in [-0.15, -0.1) is 0 Å². The molecule has 0 aromatic heterocycles. The fourth-order valence-corrected chi connectivity index (χ4v) is 3.23. The van der Waals surface area contributed by atoms with Gasteiger partial charge in [-0.05, 0) is 36.8 Å². The number of benzene rings is 2. The van der Waals surface area contributed by atoms with Gasteiger partial charge in [0.05, 0.1) is 19.3 Å². The molecule has 2 atom stereocenters. The van der Waals surface area contributed by atoms with Crippen molar-refractivity contribution in [3.05, 3.63) is 71.8 Å². The van der Waals surface area contributed by atoms with E-state index >= 15 is 0 Å². The summed E-state index contributed by atoms with van der Waals surface area (Å²) in [5.41, 5.74) is 2.35. The van der Waals surface area contributed by atoms with Crippen molar-refractivity contribution in [2.45, 2.75) is 57.7 Å². The Balaban J connectivity index is 1.40. The van der Waals surface area contributed by atoms with Crippen LogP contribution in [0, 0.1) is 11.8 Å². The highest BCUT2D eigenvalue weighted by atomic mass is 16.7. The average molecular weight is 409 g/mol. The maximum absolute atomic E-state index is 6.13. The van der Waals surface area contributed by atoms with Crippen molar-refractivity contribution in [1.29, 1.82) is 0 Å². The largest absolute Gasteiger partial charge is 0.377 e. The minimum Gasteiger partial charge on any atom is -0.377 e. The summed E-state index contributed by atoms with van der Waals surface area (Å²) in [6.07, 6.45) is 4.65. The summed E-state index contributed by atoms with van der Waals surface area (Å²) < 4.78 is 23.2. The summed E-state index contributed by atoms with van der Waals surface area (Å²) in [7, 11) is 0. The monoisotopic (exact) mass is 408 g/mol. The second-order valence-corrected chi connectivity index (χ2v) is 7.41. The van der Waals surface area contributed by atoms with Gasteiger partial charge in [0.15, 0.2) is 6.29 Å². The van der Waals surface area contributed by atoms with Crippen molar-refractivity contribution in [3.8, 4) is 11.8 Å². The zero-order valence-corrected chi connectivity index (χ0v) is 17.6. The molecule has 2 aromatic rings. The van der Waals surface area contributed by atoms with Gasteiger partial charge in [0.2, 0.25) is 0 Å². The lowest BCUT2D eigenvalue weighted by Gasteiger charge is -2.21. The van der Waals surface area contributed by atoms with E-state index < -0.39 is 0 Å². The molecule has 0 radical (unpaired) electrons. The Morgan fingerprint density at radius 2 is 1.63 bits per heavy atom. The number of rotatable bonds is 11. The first-order valence-electron chi connectivity index (χ1n) is 10.9.